The number of hydrogen-bond acceptors (Lipinski definition) is 5. The van der Waals surface area contributed by atoms with Gasteiger partial charge in [0.2, 0.25) is 15.9 Å². The Kier molecular flexibility index (Phi) is 7.26. The van der Waals surface area contributed by atoms with Crippen LogP contribution in [0.4, 0.5) is 11.4 Å². The third kappa shape index (κ3) is 5.71. The van der Waals surface area contributed by atoms with Crippen molar-refractivity contribution in [3.8, 4) is 0 Å². The van der Waals surface area contributed by atoms with E-state index in [4.69, 9.17) is 16.3 Å². The zero-order valence-electron chi connectivity index (χ0n) is 16.6. The fourth-order valence-corrected chi connectivity index (χ4v) is 4.08. The van der Waals surface area contributed by atoms with Gasteiger partial charge in [-0.2, -0.15) is 0 Å². The monoisotopic (exact) mass is 438 g/mol. The maximum absolute atomic E-state index is 12.8. The fourth-order valence-electron chi connectivity index (χ4n) is 2.78. The first kappa shape index (κ1) is 22.7. The van der Waals surface area contributed by atoms with Crippen LogP contribution in [0.25, 0.3) is 0 Å². The van der Waals surface area contributed by atoms with E-state index in [1.54, 1.807) is 44.2 Å². The number of aryl methyl sites for hydroxylation is 1. The third-order valence-electron chi connectivity index (χ3n) is 4.17. The van der Waals surface area contributed by atoms with E-state index in [0.29, 0.717) is 27.5 Å². The van der Waals surface area contributed by atoms with Gasteiger partial charge in [0.25, 0.3) is 0 Å². The number of sulfonamides is 1. The lowest BCUT2D eigenvalue weighted by Gasteiger charge is -2.28. The second-order valence-electron chi connectivity index (χ2n) is 6.45. The van der Waals surface area contributed by atoms with Crippen molar-refractivity contribution in [2.45, 2.75) is 26.8 Å². The number of nitrogens with zero attached hydrogens (tertiary/aromatic N) is 1. The second-order valence-corrected chi connectivity index (χ2v) is 8.75. The van der Waals surface area contributed by atoms with Gasteiger partial charge in [0.05, 0.1) is 24.1 Å². The third-order valence-corrected chi connectivity index (χ3v) is 5.66. The molecule has 9 heteroatoms. The van der Waals surface area contributed by atoms with Gasteiger partial charge < -0.3 is 10.1 Å². The minimum Gasteiger partial charge on any atom is -0.462 e. The summed E-state index contributed by atoms with van der Waals surface area (Å²) in [5, 5.41) is 3.17. The van der Waals surface area contributed by atoms with Crippen LogP contribution in [0.3, 0.4) is 0 Å². The molecule has 0 spiro atoms. The molecule has 0 aliphatic carbocycles. The summed E-state index contributed by atoms with van der Waals surface area (Å²) in [6, 6.07) is 9.88. The van der Waals surface area contributed by atoms with E-state index in [9.17, 15) is 18.0 Å². The van der Waals surface area contributed by atoms with Crippen molar-refractivity contribution in [1.82, 2.24) is 0 Å². The number of rotatable bonds is 7. The molecule has 0 fully saturated rings. The van der Waals surface area contributed by atoms with Crippen molar-refractivity contribution in [2.75, 3.05) is 22.5 Å². The SMILES string of the molecule is CCOC(=O)c1ccc(NC(=O)[C@H](C)N(c2ccc(Cl)cc2)S(C)(=O)=O)c(C)c1. The van der Waals surface area contributed by atoms with E-state index in [1.165, 1.54) is 19.1 Å². The van der Waals surface area contributed by atoms with Gasteiger partial charge in [-0.3, -0.25) is 9.10 Å². The maximum atomic E-state index is 12.8. The normalized spacial score (nSPS) is 12.2. The summed E-state index contributed by atoms with van der Waals surface area (Å²) in [5.74, 6) is -0.967. The van der Waals surface area contributed by atoms with Gasteiger partial charge in [0.15, 0.2) is 0 Å². The summed E-state index contributed by atoms with van der Waals surface area (Å²) in [5.41, 5.74) is 1.82. The molecule has 0 aromatic heterocycles. The minimum absolute atomic E-state index is 0.264. The summed E-state index contributed by atoms with van der Waals surface area (Å²) < 4.78 is 30.6. The van der Waals surface area contributed by atoms with E-state index >= 15 is 0 Å². The quantitative estimate of drug-likeness (QED) is 0.666. The standard InChI is InChI=1S/C20H23ClN2O5S/c1-5-28-20(25)15-6-11-18(13(2)12-15)22-19(24)14(3)23(29(4,26)27)17-9-7-16(21)8-10-17/h6-12,14H,5H2,1-4H3,(H,22,24)/t14-/m0/s1. The Morgan fingerprint density at radius 3 is 2.31 bits per heavy atom. The Balaban J connectivity index is 2.26. The van der Waals surface area contributed by atoms with Crippen LogP contribution in [0.15, 0.2) is 42.5 Å². The first-order valence-corrected chi connectivity index (χ1v) is 11.1. The lowest BCUT2D eigenvalue weighted by Crippen LogP contribution is -2.45. The van der Waals surface area contributed by atoms with E-state index in [1.807, 2.05) is 0 Å². The number of carbonyl (C=O) groups is 2. The maximum Gasteiger partial charge on any atom is 0.338 e. The molecule has 2 rings (SSSR count). The first-order chi connectivity index (χ1) is 13.5. The highest BCUT2D eigenvalue weighted by Crippen LogP contribution is 2.24. The molecule has 0 saturated carbocycles. The molecule has 7 nitrogen and oxygen atoms in total. The summed E-state index contributed by atoms with van der Waals surface area (Å²) in [4.78, 5) is 24.6. The molecule has 0 radical (unpaired) electrons. The molecule has 0 unspecified atom stereocenters. The summed E-state index contributed by atoms with van der Waals surface area (Å²) >= 11 is 5.87. The highest BCUT2D eigenvalue weighted by Gasteiger charge is 2.29. The molecular formula is C20H23ClN2O5S. The molecular weight excluding hydrogens is 416 g/mol. The van der Waals surface area contributed by atoms with E-state index in [-0.39, 0.29) is 6.61 Å². The van der Waals surface area contributed by atoms with Gasteiger partial charge in [-0.25, -0.2) is 13.2 Å². The van der Waals surface area contributed by atoms with Crippen molar-refractivity contribution in [3.05, 3.63) is 58.6 Å². The van der Waals surface area contributed by atoms with Crippen LogP contribution in [0, 0.1) is 6.92 Å². The Morgan fingerprint density at radius 1 is 1.17 bits per heavy atom. The number of carbonyl (C=O) groups excluding carboxylic acids is 2. The zero-order valence-corrected chi connectivity index (χ0v) is 18.2. The average molecular weight is 439 g/mol. The predicted octanol–water partition coefficient (Wildman–Crippen LogP) is 3.62. The Morgan fingerprint density at radius 2 is 1.79 bits per heavy atom. The van der Waals surface area contributed by atoms with Gasteiger partial charge in [-0.15, -0.1) is 0 Å². The van der Waals surface area contributed by atoms with Crippen LogP contribution in [-0.4, -0.2) is 39.2 Å². The number of nitrogens with one attached hydrogen (secondary N) is 1. The van der Waals surface area contributed by atoms with E-state index in [0.717, 1.165) is 10.6 Å². The largest absolute Gasteiger partial charge is 0.462 e. The highest BCUT2D eigenvalue weighted by molar-refractivity contribution is 7.92. The van der Waals surface area contributed by atoms with Crippen molar-refractivity contribution in [1.29, 1.82) is 0 Å². The molecule has 0 saturated heterocycles. The van der Waals surface area contributed by atoms with Crippen LogP contribution < -0.4 is 9.62 Å². The Labute approximate surface area is 175 Å². The minimum atomic E-state index is -3.73. The Hall–Kier alpha value is -2.58. The summed E-state index contributed by atoms with van der Waals surface area (Å²) in [7, 11) is -3.73. The van der Waals surface area contributed by atoms with Gasteiger partial charge in [-0.05, 0) is 68.8 Å². The molecule has 2 aromatic carbocycles. The number of esters is 1. The van der Waals surface area contributed by atoms with Gasteiger partial charge in [0, 0.05) is 10.7 Å². The fraction of sp³-hybridized carbons (Fsp3) is 0.300. The van der Waals surface area contributed by atoms with Crippen molar-refractivity contribution in [3.63, 3.8) is 0 Å². The second kappa shape index (κ2) is 9.28. The smallest absolute Gasteiger partial charge is 0.338 e. The van der Waals surface area contributed by atoms with Gasteiger partial charge >= 0.3 is 5.97 Å². The van der Waals surface area contributed by atoms with Crippen LogP contribution in [0.1, 0.15) is 29.8 Å². The lowest BCUT2D eigenvalue weighted by molar-refractivity contribution is -0.116. The molecule has 1 amide bonds. The molecule has 0 aliphatic heterocycles. The van der Waals surface area contributed by atoms with Crippen LogP contribution in [0.2, 0.25) is 5.02 Å². The molecule has 0 bridgehead atoms. The molecule has 0 heterocycles. The molecule has 1 N–H and O–H groups in total. The number of benzene rings is 2. The Bertz CT molecular complexity index is 1010. The van der Waals surface area contributed by atoms with Gasteiger partial charge in [0.1, 0.15) is 6.04 Å². The first-order valence-electron chi connectivity index (χ1n) is 8.88. The topological polar surface area (TPSA) is 92.8 Å². The van der Waals surface area contributed by atoms with Crippen LogP contribution >= 0.6 is 11.6 Å². The number of ether oxygens (including phenoxy) is 1. The van der Waals surface area contributed by atoms with Gasteiger partial charge in [-0.1, -0.05) is 11.6 Å². The summed E-state index contributed by atoms with van der Waals surface area (Å²) in [6.07, 6.45) is 1.03. The average Bonchev–Trinajstić information content (AvgIpc) is 2.64. The number of halogens is 1. The molecule has 0 aliphatic rings. The van der Waals surface area contributed by atoms with Crippen molar-refractivity contribution < 1.29 is 22.7 Å². The van der Waals surface area contributed by atoms with Crippen LogP contribution in [0.5, 0.6) is 0 Å². The van der Waals surface area contributed by atoms with E-state index < -0.39 is 27.9 Å². The summed E-state index contributed by atoms with van der Waals surface area (Å²) in [6.45, 7) is 5.21. The molecule has 2 aromatic rings. The number of anilines is 2. The molecule has 29 heavy (non-hydrogen) atoms. The predicted molar refractivity (Wildman–Crippen MR) is 114 cm³/mol. The van der Waals surface area contributed by atoms with E-state index in [2.05, 4.69) is 5.32 Å². The van der Waals surface area contributed by atoms with Crippen molar-refractivity contribution in [2.24, 2.45) is 0 Å². The number of amides is 1. The van der Waals surface area contributed by atoms with Crippen molar-refractivity contribution >= 4 is 44.9 Å². The zero-order chi connectivity index (χ0) is 21.8. The van der Waals surface area contributed by atoms with Crippen LogP contribution in [-0.2, 0) is 19.6 Å². The number of hydrogen-bond donors (Lipinski definition) is 1. The highest BCUT2D eigenvalue weighted by atomic mass is 35.5. The molecule has 1 atom stereocenters. The lowest BCUT2D eigenvalue weighted by atomic mass is 10.1. The molecule has 156 valence electrons.